The molecule has 0 spiro atoms. The summed E-state index contributed by atoms with van der Waals surface area (Å²) >= 11 is 0. The Kier molecular flexibility index (Phi) is 3.50. The van der Waals surface area contributed by atoms with Gasteiger partial charge in [-0.3, -0.25) is 4.98 Å². The van der Waals surface area contributed by atoms with Crippen LogP contribution >= 0.6 is 0 Å². The van der Waals surface area contributed by atoms with E-state index >= 15 is 0 Å². The first kappa shape index (κ1) is 14.2. The van der Waals surface area contributed by atoms with Gasteiger partial charge in [-0.25, -0.2) is 0 Å². The summed E-state index contributed by atoms with van der Waals surface area (Å²) in [6, 6.07) is 19.4. The highest BCUT2D eigenvalue weighted by atomic mass is 15.2. The molecule has 3 heteroatoms. The molecule has 1 aliphatic heterocycles. The molecule has 0 saturated carbocycles. The Hall–Kier alpha value is -2.39. The fraction of sp³-hybridized carbons (Fsp3) is 0.250. The summed E-state index contributed by atoms with van der Waals surface area (Å²) in [4.78, 5) is 7.05. The van der Waals surface area contributed by atoms with E-state index in [1.54, 1.807) is 0 Å². The monoisotopic (exact) mass is 303 g/mol. The van der Waals surface area contributed by atoms with Crippen molar-refractivity contribution in [2.45, 2.75) is 25.9 Å². The van der Waals surface area contributed by atoms with Crippen LogP contribution in [0.2, 0.25) is 0 Å². The second-order valence-corrected chi connectivity index (χ2v) is 6.41. The SMILES string of the molecule is Cc1cc(CN2CC(N)Cc3ccccc32)c2ccccc2n1. The minimum absolute atomic E-state index is 0.194. The van der Waals surface area contributed by atoms with Crippen molar-refractivity contribution in [2.24, 2.45) is 5.73 Å². The number of para-hydroxylation sites is 2. The van der Waals surface area contributed by atoms with Crippen molar-refractivity contribution in [3.63, 3.8) is 0 Å². The molecule has 2 aromatic carbocycles. The van der Waals surface area contributed by atoms with Crippen molar-refractivity contribution < 1.29 is 0 Å². The van der Waals surface area contributed by atoms with Crippen LogP contribution in [0.1, 0.15) is 16.8 Å². The van der Waals surface area contributed by atoms with E-state index in [1.165, 1.54) is 22.2 Å². The van der Waals surface area contributed by atoms with Gasteiger partial charge in [0.25, 0.3) is 0 Å². The standard InChI is InChI=1S/C20H21N3/c1-14-10-16(18-7-3-4-8-19(18)22-14)12-23-13-17(21)11-15-6-2-5-9-20(15)23/h2-10,17H,11-13,21H2,1H3. The molecule has 0 bridgehead atoms. The van der Waals surface area contributed by atoms with Gasteiger partial charge < -0.3 is 10.6 Å². The van der Waals surface area contributed by atoms with E-state index in [1.807, 2.05) is 6.07 Å². The van der Waals surface area contributed by atoms with Crippen LogP contribution in [0.15, 0.2) is 54.6 Å². The molecular formula is C20H21N3. The maximum atomic E-state index is 6.28. The number of hydrogen-bond donors (Lipinski definition) is 1. The van der Waals surface area contributed by atoms with Crippen LogP contribution in [0.4, 0.5) is 5.69 Å². The quantitative estimate of drug-likeness (QED) is 0.788. The maximum absolute atomic E-state index is 6.28. The number of nitrogens with zero attached hydrogens (tertiary/aromatic N) is 2. The summed E-state index contributed by atoms with van der Waals surface area (Å²) in [6.45, 7) is 3.83. The van der Waals surface area contributed by atoms with Gasteiger partial charge in [-0.1, -0.05) is 36.4 Å². The average Bonchev–Trinajstić information content (AvgIpc) is 2.54. The van der Waals surface area contributed by atoms with E-state index in [9.17, 15) is 0 Å². The molecule has 1 atom stereocenters. The fourth-order valence-electron chi connectivity index (χ4n) is 3.60. The van der Waals surface area contributed by atoms with E-state index in [2.05, 4.69) is 65.3 Å². The molecule has 1 aromatic heterocycles. The molecule has 2 N–H and O–H groups in total. The molecule has 23 heavy (non-hydrogen) atoms. The first-order chi connectivity index (χ1) is 11.2. The van der Waals surface area contributed by atoms with Gasteiger partial charge in [-0.05, 0) is 42.7 Å². The third-order valence-electron chi connectivity index (χ3n) is 4.56. The summed E-state index contributed by atoms with van der Waals surface area (Å²) in [6.07, 6.45) is 0.961. The molecule has 3 nitrogen and oxygen atoms in total. The first-order valence-corrected chi connectivity index (χ1v) is 8.14. The van der Waals surface area contributed by atoms with Gasteiger partial charge in [0.05, 0.1) is 5.52 Å². The van der Waals surface area contributed by atoms with Gasteiger partial charge in [0.1, 0.15) is 0 Å². The van der Waals surface area contributed by atoms with Crippen LogP contribution < -0.4 is 10.6 Å². The molecule has 3 aromatic rings. The first-order valence-electron chi connectivity index (χ1n) is 8.14. The molecule has 1 unspecified atom stereocenters. The highest BCUT2D eigenvalue weighted by molar-refractivity contribution is 5.82. The number of rotatable bonds is 2. The Morgan fingerprint density at radius 3 is 2.83 bits per heavy atom. The lowest BCUT2D eigenvalue weighted by Crippen LogP contribution is -2.42. The Morgan fingerprint density at radius 1 is 1.13 bits per heavy atom. The minimum atomic E-state index is 0.194. The number of aryl methyl sites for hydroxylation is 1. The van der Waals surface area contributed by atoms with Crippen molar-refractivity contribution in [1.82, 2.24) is 4.98 Å². The van der Waals surface area contributed by atoms with Crippen molar-refractivity contribution in [3.05, 3.63) is 71.4 Å². The zero-order chi connectivity index (χ0) is 15.8. The molecule has 0 fully saturated rings. The maximum Gasteiger partial charge on any atom is 0.0708 e. The number of fused-ring (bicyclic) bond motifs is 2. The van der Waals surface area contributed by atoms with Crippen LogP contribution in [0.3, 0.4) is 0 Å². The molecule has 2 heterocycles. The van der Waals surface area contributed by atoms with Crippen molar-refractivity contribution >= 4 is 16.6 Å². The molecule has 116 valence electrons. The van der Waals surface area contributed by atoms with Crippen molar-refractivity contribution in [1.29, 1.82) is 0 Å². The lowest BCUT2D eigenvalue weighted by molar-refractivity contribution is 0.599. The highest BCUT2D eigenvalue weighted by Crippen LogP contribution is 2.29. The van der Waals surface area contributed by atoms with Gasteiger partial charge in [0, 0.05) is 35.9 Å². The van der Waals surface area contributed by atoms with Crippen LogP contribution in [0.25, 0.3) is 10.9 Å². The number of benzene rings is 2. The Morgan fingerprint density at radius 2 is 1.91 bits per heavy atom. The zero-order valence-electron chi connectivity index (χ0n) is 13.4. The Bertz CT molecular complexity index is 856. The summed E-state index contributed by atoms with van der Waals surface area (Å²) in [5.41, 5.74) is 12.4. The predicted octanol–water partition coefficient (Wildman–Crippen LogP) is 3.43. The van der Waals surface area contributed by atoms with Crippen molar-refractivity contribution in [3.8, 4) is 0 Å². The number of pyridine rings is 1. The normalized spacial score (nSPS) is 17.3. The van der Waals surface area contributed by atoms with Crippen molar-refractivity contribution in [2.75, 3.05) is 11.4 Å². The van der Waals surface area contributed by atoms with E-state index in [-0.39, 0.29) is 6.04 Å². The van der Waals surface area contributed by atoms with E-state index in [0.717, 1.165) is 30.7 Å². The molecule has 0 amide bonds. The minimum Gasteiger partial charge on any atom is -0.365 e. The van der Waals surface area contributed by atoms with Crippen LogP contribution in [0, 0.1) is 6.92 Å². The smallest absolute Gasteiger partial charge is 0.0708 e. The predicted molar refractivity (Wildman–Crippen MR) is 95.7 cm³/mol. The summed E-state index contributed by atoms with van der Waals surface area (Å²) in [5.74, 6) is 0. The van der Waals surface area contributed by atoms with Gasteiger partial charge in [0.15, 0.2) is 0 Å². The summed E-state index contributed by atoms with van der Waals surface area (Å²) < 4.78 is 0. The third-order valence-corrected chi connectivity index (χ3v) is 4.56. The second kappa shape index (κ2) is 5.67. The number of aromatic nitrogens is 1. The lowest BCUT2D eigenvalue weighted by Gasteiger charge is -2.35. The second-order valence-electron chi connectivity index (χ2n) is 6.41. The van der Waals surface area contributed by atoms with Crippen LogP contribution in [-0.4, -0.2) is 17.6 Å². The van der Waals surface area contributed by atoms with E-state index in [4.69, 9.17) is 5.73 Å². The average molecular weight is 303 g/mol. The summed E-state index contributed by atoms with van der Waals surface area (Å²) in [5, 5.41) is 1.23. The fourth-order valence-corrected chi connectivity index (χ4v) is 3.60. The Balaban J connectivity index is 1.77. The Labute approximate surface area is 136 Å². The number of anilines is 1. The van der Waals surface area contributed by atoms with Gasteiger partial charge in [0.2, 0.25) is 0 Å². The molecule has 0 radical (unpaired) electrons. The van der Waals surface area contributed by atoms with E-state index in [0.29, 0.717) is 0 Å². The van der Waals surface area contributed by atoms with Crippen LogP contribution in [0.5, 0.6) is 0 Å². The molecule has 0 saturated heterocycles. The van der Waals surface area contributed by atoms with Gasteiger partial charge >= 0.3 is 0 Å². The number of hydrogen-bond acceptors (Lipinski definition) is 3. The lowest BCUT2D eigenvalue weighted by atomic mass is 9.97. The van der Waals surface area contributed by atoms with Gasteiger partial charge in [-0.15, -0.1) is 0 Å². The van der Waals surface area contributed by atoms with Crippen LogP contribution in [-0.2, 0) is 13.0 Å². The zero-order valence-corrected chi connectivity index (χ0v) is 13.4. The molecule has 0 aliphatic carbocycles. The highest BCUT2D eigenvalue weighted by Gasteiger charge is 2.22. The largest absolute Gasteiger partial charge is 0.365 e. The summed E-state index contributed by atoms with van der Waals surface area (Å²) in [7, 11) is 0. The van der Waals surface area contributed by atoms with E-state index < -0.39 is 0 Å². The third kappa shape index (κ3) is 2.68. The topological polar surface area (TPSA) is 42.1 Å². The molecular weight excluding hydrogens is 282 g/mol. The molecule has 1 aliphatic rings. The van der Waals surface area contributed by atoms with Gasteiger partial charge in [-0.2, -0.15) is 0 Å². The molecule has 4 rings (SSSR count). The number of nitrogens with two attached hydrogens (primary N) is 1.